The lowest BCUT2D eigenvalue weighted by Crippen LogP contribution is -2.02. The highest BCUT2D eigenvalue weighted by atomic mass is 19.5. The summed E-state index contributed by atoms with van der Waals surface area (Å²) in [5.74, 6) is 0. The summed E-state index contributed by atoms with van der Waals surface area (Å²) in [7, 11) is -6.00. The first kappa shape index (κ1) is 19.2. The monoisotopic (exact) mass is 303 g/mol. The van der Waals surface area contributed by atoms with Crippen molar-refractivity contribution in [3.63, 3.8) is 0 Å². The quantitative estimate of drug-likeness (QED) is 0.473. The van der Waals surface area contributed by atoms with E-state index in [2.05, 4.69) is 29.0 Å². The predicted molar refractivity (Wildman–Crippen MR) is 78.4 cm³/mol. The molecule has 0 aliphatic rings. The van der Waals surface area contributed by atoms with Gasteiger partial charge in [0.2, 0.25) is 0 Å². The molecule has 0 amide bonds. The van der Waals surface area contributed by atoms with Crippen molar-refractivity contribution in [2.24, 2.45) is 0 Å². The van der Waals surface area contributed by atoms with Crippen LogP contribution in [0.5, 0.6) is 0 Å². The number of nitrogens with zero attached hydrogens (tertiary/aromatic N) is 1. The van der Waals surface area contributed by atoms with E-state index in [-0.39, 0.29) is 0 Å². The highest BCUT2D eigenvalue weighted by molar-refractivity contribution is 6.50. The number of aryl methyl sites for hydroxylation is 1. The van der Waals surface area contributed by atoms with Crippen LogP contribution in [0.25, 0.3) is 0 Å². The van der Waals surface area contributed by atoms with Crippen molar-refractivity contribution >= 4 is 7.25 Å². The van der Waals surface area contributed by atoms with Crippen LogP contribution in [0.4, 0.5) is 17.3 Å². The van der Waals surface area contributed by atoms with Crippen molar-refractivity contribution in [3.05, 3.63) is 54.6 Å². The summed E-state index contributed by atoms with van der Waals surface area (Å²) < 4.78 is 39.0. The van der Waals surface area contributed by atoms with Gasteiger partial charge in [0.05, 0.1) is 0 Å². The van der Waals surface area contributed by atoms with Crippen molar-refractivity contribution in [1.82, 2.24) is 9.97 Å². The number of rotatable bonds is 4. The Morgan fingerprint density at radius 2 is 1.62 bits per heavy atom. The number of halogens is 4. The van der Waals surface area contributed by atoms with Gasteiger partial charge >= 0.3 is 7.25 Å². The Morgan fingerprint density at radius 1 is 1.00 bits per heavy atom. The maximum absolute atomic E-state index is 9.75. The fourth-order valence-corrected chi connectivity index (χ4v) is 1.40. The highest BCUT2D eigenvalue weighted by Crippen LogP contribution is 2.06. The normalized spacial score (nSPS) is 9.95. The molecule has 2 heterocycles. The van der Waals surface area contributed by atoms with Crippen molar-refractivity contribution < 1.29 is 17.3 Å². The number of unbranched alkanes of at least 4 members (excludes halogenated alkanes) is 2. The van der Waals surface area contributed by atoms with E-state index < -0.39 is 7.25 Å². The zero-order valence-electron chi connectivity index (χ0n) is 12.0. The van der Waals surface area contributed by atoms with Crippen molar-refractivity contribution in [1.29, 1.82) is 0 Å². The van der Waals surface area contributed by atoms with Crippen LogP contribution in [-0.2, 0) is 6.42 Å². The Hall–Kier alpha value is -1.79. The molecule has 0 aliphatic heterocycles. The Morgan fingerprint density at radius 3 is 1.95 bits per heavy atom. The maximum atomic E-state index is 9.75. The Balaban J connectivity index is 0.000000312. The summed E-state index contributed by atoms with van der Waals surface area (Å²) in [4.78, 5) is 6.98. The van der Waals surface area contributed by atoms with Crippen molar-refractivity contribution in [2.75, 3.05) is 0 Å². The second-order valence-corrected chi connectivity index (χ2v) is 4.17. The molecule has 2 aromatic heterocycles. The van der Waals surface area contributed by atoms with Gasteiger partial charge in [-0.25, -0.2) is 0 Å². The number of aromatic nitrogens is 2. The largest absolute Gasteiger partial charge is 0.673 e. The number of nitrogens with one attached hydrogen (secondary N) is 1. The summed E-state index contributed by atoms with van der Waals surface area (Å²) in [6, 6.07) is 9.92. The number of H-pyrrole nitrogens is 1. The van der Waals surface area contributed by atoms with Gasteiger partial charge in [-0.15, -0.1) is 0 Å². The maximum Gasteiger partial charge on any atom is 0.673 e. The van der Waals surface area contributed by atoms with Gasteiger partial charge in [-0.1, -0.05) is 25.8 Å². The molecule has 1 N–H and O–H groups in total. The summed E-state index contributed by atoms with van der Waals surface area (Å²) in [6.45, 7) is 2.23. The minimum atomic E-state index is -6.00. The zero-order chi connectivity index (χ0) is 16.0. The van der Waals surface area contributed by atoms with Gasteiger partial charge in [0.25, 0.3) is 0 Å². The molecule has 0 saturated heterocycles. The van der Waals surface area contributed by atoms with E-state index in [1.165, 1.54) is 31.4 Å². The van der Waals surface area contributed by atoms with E-state index in [1.54, 1.807) is 12.4 Å². The fourth-order valence-electron chi connectivity index (χ4n) is 1.40. The number of hydrogen-bond donors (Lipinski definition) is 1. The molecule has 2 nitrogen and oxygen atoms in total. The summed E-state index contributed by atoms with van der Waals surface area (Å²) in [5.41, 5.74) is 1.37. The van der Waals surface area contributed by atoms with E-state index in [1.807, 2.05) is 24.4 Å². The van der Waals surface area contributed by atoms with Crippen LogP contribution in [0.1, 0.15) is 31.9 Å². The average Bonchev–Trinajstić information content (AvgIpc) is 2.93. The van der Waals surface area contributed by atoms with E-state index in [0.29, 0.717) is 0 Å². The molecule has 0 spiro atoms. The molecular weight excluding hydrogens is 283 g/mol. The van der Waals surface area contributed by atoms with Crippen LogP contribution in [0.2, 0.25) is 0 Å². The standard InChI is InChI=1S/C9H15N.C5H5N.BF4/c1-2-3-4-6-9-7-5-8-10-9;1-2-4-6-5-3-1;2-1(3,4)5/h5,7-8,10H,2-4,6H2,1H3;1-5H;/q;;-1. The summed E-state index contributed by atoms with van der Waals surface area (Å²) in [6.07, 6.45) is 10.7. The zero-order valence-corrected chi connectivity index (χ0v) is 12.0. The molecule has 0 bridgehead atoms. The lowest BCUT2D eigenvalue weighted by Gasteiger charge is -1.94. The fraction of sp³-hybridized carbons (Fsp3) is 0.357. The molecule has 0 aromatic carbocycles. The van der Waals surface area contributed by atoms with Crippen molar-refractivity contribution in [3.8, 4) is 0 Å². The van der Waals surface area contributed by atoms with Crippen LogP contribution in [0.3, 0.4) is 0 Å². The molecule has 7 heteroatoms. The smallest absolute Gasteiger partial charge is 0.418 e. The molecule has 0 saturated carbocycles. The molecule has 0 unspecified atom stereocenters. The van der Waals surface area contributed by atoms with E-state index in [0.717, 1.165) is 0 Å². The minimum absolute atomic E-state index is 1.21. The van der Waals surface area contributed by atoms with Crippen LogP contribution in [-0.4, -0.2) is 17.2 Å². The number of hydrogen-bond acceptors (Lipinski definition) is 1. The first-order chi connectivity index (χ1) is 9.93. The molecule has 0 atom stereocenters. The average molecular weight is 303 g/mol. The molecule has 0 fully saturated rings. The van der Waals surface area contributed by atoms with Gasteiger partial charge in [-0.05, 0) is 37.1 Å². The Kier molecular flexibility index (Phi) is 11.0. The third-order valence-electron chi connectivity index (χ3n) is 2.28. The van der Waals surface area contributed by atoms with Crippen molar-refractivity contribution in [2.45, 2.75) is 32.6 Å². The predicted octanol–water partition coefficient (Wildman–Crippen LogP) is 5.13. The Labute approximate surface area is 122 Å². The van der Waals surface area contributed by atoms with Gasteiger partial charge in [0.15, 0.2) is 0 Å². The van der Waals surface area contributed by atoms with Crippen LogP contribution < -0.4 is 0 Å². The van der Waals surface area contributed by atoms with E-state index >= 15 is 0 Å². The lowest BCUT2D eigenvalue weighted by molar-refractivity contribution is 0.368. The second kappa shape index (κ2) is 12.0. The Bertz CT molecular complexity index is 386. The van der Waals surface area contributed by atoms with Gasteiger partial charge in [0, 0.05) is 24.3 Å². The second-order valence-electron chi connectivity index (χ2n) is 4.17. The highest BCUT2D eigenvalue weighted by Gasteiger charge is 2.20. The molecule has 21 heavy (non-hydrogen) atoms. The van der Waals surface area contributed by atoms with Crippen LogP contribution in [0, 0.1) is 0 Å². The lowest BCUT2D eigenvalue weighted by atomic mass is 10.2. The van der Waals surface area contributed by atoms with Gasteiger partial charge < -0.3 is 22.2 Å². The molecule has 2 rings (SSSR count). The topological polar surface area (TPSA) is 28.7 Å². The third-order valence-corrected chi connectivity index (χ3v) is 2.28. The summed E-state index contributed by atoms with van der Waals surface area (Å²) >= 11 is 0. The molecule has 0 radical (unpaired) electrons. The van der Waals surface area contributed by atoms with Gasteiger partial charge in [0.1, 0.15) is 0 Å². The van der Waals surface area contributed by atoms with Gasteiger partial charge in [-0.3, -0.25) is 4.98 Å². The molecular formula is C14H20BF4N2-. The SMILES string of the molecule is CCCCCc1ccc[nH]1.F[B-](F)(F)F.c1ccncc1. The van der Waals surface area contributed by atoms with E-state index in [9.17, 15) is 17.3 Å². The van der Waals surface area contributed by atoms with Gasteiger partial charge in [-0.2, -0.15) is 0 Å². The first-order valence-corrected chi connectivity index (χ1v) is 6.78. The molecule has 0 aliphatic carbocycles. The number of pyridine rings is 1. The molecule has 118 valence electrons. The van der Waals surface area contributed by atoms with Crippen LogP contribution >= 0.6 is 0 Å². The molecule has 2 aromatic rings. The first-order valence-electron chi connectivity index (χ1n) is 6.78. The van der Waals surface area contributed by atoms with E-state index in [4.69, 9.17) is 0 Å². The minimum Gasteiger partial charge on any atom is -0.418 e. The van der Waals surface area contributed by atoms with Crippen LogP contribution in [0.15, 0.2) is 48.9 Å². The third kappa shape index (κ3) is 18.2. The summed E-state index contributed by atoms with van der Waals surface area (Å²) in [5, 5.41) is 0. The number of aromatic amines is 1.